The lowest BCUT2D eigenvalue weighted by Crippen LogP contribution is -2.12. The monoisotopic (exact) mass is 298 g/mol. The third kappa shape index (κ3) is 4.62. The van der Waals surface area contributed by atoms with Crippen LogP contribution in [0.15, 0.2) is 48.5 Å². The van der Waals surface area contributed by atoms with Crippen molar-refractivity contribution in [1.82, 2.24) is 0 Å². The van der Waals surface area contributed by atoms with Crippen LogP contribution in [-0.2, 0) is 0 Å². The second kappa shape index (κ2) is 8.87. The molecule has 0 amide bonds. The van der Waals surface area contributed by atoms with Gasteiger partial charge in [0.15, 0.2) is 0 Å². The standard InChI is InChI=1S/C18H22N2O2/c21-13-11-19-17-8-4-7-16(18(17)20-12-14-22)10-9-15-5-2-1-3-6-15/h1-10,19-22H,11-14H2. The fraction of sp³-hybridized carbons (Fsp3) is 0.222. The third-order valence-corrected chi connectivity index (χ3v) is 3.19. The van der Waals surface area contributed by atoms with Gasteiger partial charge in [-0.05, 0) is 17.2 Å². The Bertz CT molecular complexity index is 597. The van der Waals surface area contributed by atoms with Crippen molar-refractivity contribution in [3.63, 3.8) is 0 Å². The molecule has 116 valence electrons. The van der Waals surface area contributed by atoms with Gasteiger partial charge in [-0.1, -0.05) is 54.6 Å². The maximum Gasteiger partial charge on any atom is 0.0650 e. The SMILES string of the molecule is OCCNc1cccc(C=Cc2ccccc2)c1NCCO. The van der Waals surface area contributed by atoms with Gasteiger partial charge in [-0.25, -0.2) is 0 Å². The normalized spacial score (nSPS) is 10.8. The zero-order valence-electron chi connectivity index (χ0n) is 12.5. The minimum absolute atomic E-state index is 0.0656. The highest BCUT2D eigenvalue weighted by Crippen LogP contribution is 2.27. The predicted molar refractivity (Wildman–Crippen MR) is 93.0 cm³/mol. The van der Waals surface area contributed by atoms with Crippen LogP contribution >= 0.6 is 0 Å². The summed E-state index contributed by atoms with van der Waals surface area (Å²) in [6.45, 7) is 1.10. The molecule has 0 bridgehead atoms. The molecule has 0 radical (unpaired) electrons. The molecule has 0 atom stereocenters. The molecule has 0 aliphatic heterocycles. The predicted octanol–water partition coefficient (Wildman–Crippen LogP) is 2.67. The molecular weight excluding hydrogens is 276 g/mol. The van der Waals surface area contributed by atoms with Gasteiger partial charge >= 0.3 is 0 Å². The van der Waals surface area contributed by atoms with E-state index in [0.717, 1.165) is 22.5 Å². The lowest BCUT2D eigenvalue weighted by molar-refractivity contribution is 0.310. The number of rotatable bonds is 8. The number of aliphatic hydroxyl groups is 2. The molecule has 0 unspecified atom stereocenters. The Hall–Kier alpha value is -2.30. The molecule has 4 N–H and O–H groups in total. The zero-order chi connectivity index (χ0) is 15.6. The van der Waals surface area contributed by atoms with Crippen LogP contribution in [0, 0.1) is 0 Å². The molecule has 2 aromatic rings. The maximum absolute atomic E-state index is 9.05. The van der Waals surface area contributed by atoms with E-state index in [1.165, 1.54) is 0 Å². The second-order valence-electron chi connectivity index (χ2n) is 4.81. The third-order valence-electron chi connectivity index (χ3n) is 3.19. The second-order valence-corrected chi connectivity index (χ2v) is 4.81. The average molecular weight is 298 g/mol. The molecule has 0 aromatic heterocycles. The summed E-state index contributed by atoms with van der Waals surface area (Å²) < 4.78 is 0. The van der Waals surface area contributed by atoms with Crippen LogP contribution in [0.1, 0.15) is 11.1 Å². The fourth-order valence-electron chi connectivity index (χ4n) is 2.18. The van der Waals surface area contributed by atoms with Crippen molar-refractivity contribution in [2.24, 2.45) is 0 Å². The number of para-hydroxylation sites is 1. The summed E-state index contributed by atoms with van der Waals surface area (Å²) in [5.41, 5.74) is 4.00. The molecule has 0 spiro atoms. The minimum Gasteiger partial charge on any atom is -0.395 e. The van der Waals surface area contributed by atoms with Gasteiger partial charge in [0.25, 0.3) is 0 Å². The summed E-state index contributed by atoms with van der Waals surface area (Å²) in [7, 11) is 0. The van der Waals surface area contributed by atoms with E-state index in [1.807, 2.05) is 54.6 Å². The molecule has 0 heterocycles. The quantitative estimate of drug-likeness (QED) is 0.566. The van der Waals surface area contributed by atoms with Gasteiger partial charge in [0.1, 0.15) is 0 Å². The van der Waals surface area contributed by atoms with E-state index in [2.05, 4.69) is 16.7 Å². The number of benzene rings is 2. The van der Waals surface area contributed by atoms with Crippen LogP contribution in [0.25, 0.3) is 12.2 Å². The molecular formula is C18H22N2O2. The van der Waals surface area contributed by atoms with Gasteiger partial charge in [-0.3, -0.25) is 0 Å². The van der Waals surface area contributed by atoms with Crippen molar-refractivity contribution >= 4 is 23.5 Å². The van der Waals surface area contributed by atoms with Crippen LogP contribution in [0.5, 0.6) is 0 Å². The fourth-order valence-corrected chi connectivity index (χ4v) is 2.18. The Morgan fingerprint density at radius 2 is 1.50 bits per heavy atom. The van der Waals surface area contributed by atoms with Gasteiger partial charge in [0.2, 0.25) is 0 Å². The van der Waals surface area contributed by atoms with Crippen LogP contribution in [-0.4, -0.2) is 36.5 Å². The molecule has 2 rings (SSSR count). The molecule has 0 aliphatic rings. The molecule has 0 fully saturated rings. The molecule has 2 aromatic carbocycles. The van der Waals surface area contributed by atoms with Crippen molar-refractivity contribution < 1.29 is 10.2 Å². The molecule has 0 saturated carbocycles. The van der Waals surface area contributed by atoms with Crippen LogP contribution in [0.2, 0.25) is 0 Å². The van der Waals surface area contributed by atoms with E-state index in [1.54, 1.807) is 0 Å². The highest BCUT2D eigenvalue weighted by atomic mass is 16.3. The number of anilines is 2. The smallest absolute Gasteiger partial charge is 0.0650 e. The Balaban J connectivity index is 2.26. The minimum atomic E-state index is 0.0656. The summed E-state index contributed by atoms with van der Waals surface area (Å²) in [6.07, 6.45) is 4.09. The largest absolute Gasteiger partial charge is 0.395 e. The van der Waals surface area contributed by atoms with E-state index < -0.39 is 0 Å². The first kappa shape index (κ1) is 16.1. The first-order valence-corrected chi connectivity index (χ1v) is 7.40. The molecule has 0 aliphatic carbocycles. The number of hydrogen-bond donors (Lipinski definition) is 4. The Morgan fingerprint density at radius 3 is 2.23 bits per heavy atom. The van der Waals surface area contributed by atoms with E-state index in [4.69, 9.17) is 10.2 Å². The van der Waals surface area contributed by atoms with Gasteiger partial charge in [0.05, 0.1) is 24.6 Å². The van der Waals surface area contributed by atoms with Gasteiger partial charge in [-0.15, -0.1) is 0 Å². The van der Waals surface area contributed by atoms with Crippen molar-refractivity contribution in [3.8, 4) is 0 Å². The summed E-state index contributed by atoms with van der Waals surface area (Å²) in [6, 6.07) is 16.0. The van der Waals surface area contributed by atoms with Crippen LogP contribution < -0.4 is 10.6 Å². The zero-order valence-corrected chi connectivity index (χ0v) is 12.5. The highest BCUT2D eigenvalue weighted by Gasteiger charge is 2.05. The van der Waals surface area contributed by atoms with Crippen LogP contribution in [0.3, 0.4) is 0 Å². The van der Waals surface area contributed by atoms with E-state index >= 15 is 0 Å². The summed E-state index contributed by atoms with van der Waals surface area (Å²) in [4.78, 5) is 0. The molecule has 22 heavy (non-hydrogen) atoms. The lowest BCUT2D eigenvalue weighted by Gasteiger charge is -2.15. The van der Waals surface area contributed by atoms with Crippen molar-refractivity contribution in [3.05, 3.63) is 59.7 Å². The average Bonchev–Trinajstić information content (AvgIpc) is 2.57. The Labute approximate surface area is 131 Å². The van der Waals surface area contributed by atoms with E-state index in [9.17, 15) is 0 Å². The van der Waals surface area contributed by atoms with Crippen LogP contribution in [0.4, 0.5) is 11.4 Å². The number of aliphatic hydroxyl groups excluding tert-OH is 2. The topological polar surface area (TPSA) is 64.5 Å². The van der Waals surface area contributed by atoms with Crippen molar-refractivity contribution in [1.29, 1.82) is 0 Å². The van der Waals surface area contributed by atoms with Crippen molar-refractivity contribution in [2.45, 2.75) is 0 Å². The summed E-state index contributed by atoms with van der Waals surface area (Å²) >= 11 is 0. The first-order chi connectivity index (χ1) is 10.8. The molecule has 4 nitrogen and oxygen atoms in total. The first-order valence-electron chi connectivity index (χ1n) is 7.40. The highest BCUT2D eigenvalue weighted by molar-refractivity contribution is 5.84. The summed E-state index contributed by atoms with van der Waals surface area (Å²) in [5.74, 6) is 0. The van der Waals surface area contributed by atoms with E-state index in [0.29, 0.717) is 13.1 Å². The lowest BCUT2D eigenvalue weighted by atomic mass is 10.1. The summed E-state index contributed by atoms with van der Waals surface area (Å²) in [5, 5.41) is 24.4. The Kier molecular flexibility index (Phi) is 6.48. The Morgan fingerprint density at radius 1 is 0.773 bits per heavy atom. The van der Waals surface area contributed by atoms with Gasteiger partial charge < -0.3 is 20.8 Å². The number of hydrogen-bond acceptors (Lipinski definition) is 4. The molecule has 0 saturated heterocycles. The number of nitrogens with one attached hydrogen (secondary N) is 2. The maximum atomic E-state index is 9.05. The van der Waals surface area contributed by atoms with Crippen molar-refractivity contribution in [2.75, 3.05) is 36.9 Å². The molecule has 4 heteroatoms. The van der Waals surface area contributed by atoms with E-state index in [-0.39, 0.29) is 13.2 Å². The van der Waals surface area contributed by atoms with Gasteiger partial charge in [-0.2, -0.15) is 0 Å². The van der Waals surface area contributed by atoms with Gasteiger partial charge in [0, 0.05) is 13.1 Å².